The monoisotopic (exact) mass is 528 g/mol. The van der Waals surface area contributed by atoms with E-state index in [0.29, 0.717) is 41.8 Å². The van der Waals surface area contributed by atoms with Crippen LogP contribution in [0.1, 0.15) is 61.9 Å². The highest BCUT2D eigenvalue weighted by Crippen LogP contribution is 2.32. The highest BCUT2D eigenvalue weighted by molar-refractivity contribution is 6.31. The van der Waals surface area contributed by atoms with Crippen LogP contribution >= 0.6 is 23.2 Å². The first-order valence-corrected chi connectivity index (χ1v) is 13.2. The number of unbranched alkanes of at least 4 members (excludes halogenated alkanes) is 1. The third kappa shape index (κ3) is 6.26. The minimum atomic E-state index is -0.843. The molecule has 0 spiro atoms. The minimum absolute atomic E-state index is 0.0410. The van der Waals surface area contributed by atoms with Crippen LogP contribution in [0, 0.1) is 0 Å². The number of piperidine rings is 1. The first-order chi connectivity index (χ1) is 17.5. The molecule has 0 bridgehead atoms. The van der Waals surface area contributed by atoms with E-state index in [2.05, 4.69) is 10.1 Å². The van der Waals surface area contributed by atoms with Crippen molar-refractivity contribution in [2.75, 3.05) is 19.6 Å². The van der Waals surface area contributed by atoms with Gasteiger partial charge in [-0.2, -0.15) is 4.98 Å². The van der Waals surface area contributed by atoms with E-state index < -0.39 is 5.38 Å². The summed E-state index contributed by atoms with van der Waals surface area (Å²) in [6.45, 7) is 3.04. The Hall–Kier alpha value is -2.90. The number of carbonyl (C=O) groups excluding carboxylic acids is 2. The van der Waals surface area contributed by atoms with Gasteiger partial charge >= 0.3 is 0 Å². The van der Waals surface area contributed by atoms with E-state index in [1.165, 1.54) is 0 Å². The highest BCUT2D eigenvalue weighted by Gasteiger charge is 2.34. The Morgan fingerprint density at radius 3 is 2.72 bits per heavy atom. The van der Waals surface area contributed by atoms with Crippen LogP contribution in [-0.2, 0) is 9.59 Å². The van der Waals surface area contributed by atoms with E-state index in [-0.39, 0.29) is 24.4 Å². The second-order valence-corrected chi connectivity index (χ2v) is 9.82. The molecule has 2 unspecified atom stereocenters. The third-order valence-corrected chi connectivity index (χ3v) is 7.03. The van der Waals surface area contributed by atoms with Gasteiger partial charge in [0.15, 0.2) is 0 Å². The average Bonchev–Trinajstić information content (AvgIpc) is 3.41. The fourth-order valence-electron chi connectivity index (χ4n) is 4.40. The molecule has 1 aromatic heterocycles. The molecular weight excluding hydrogens is 499 g/mol. The summed E-state index contributed by atoms with van der Waals surface area (Å²) in [5.74, 6) is 0.407. The number of nitrogens with zero attached hydrogens (tertiary/aromatic N) is 4. The van der Waals surface area contributed by atoms with Crippen molar-refractivity contribution >= 4 is 35.0 Å². The lowest BCUT2D eigenvalue weighted by Crippen LogP contribution is -2.47. The first kappa shape index (κ1) is 26.2. The van der Waals surface area contributed by atoms with Crippen molar-refractivity contribution in [2.45, 2.75) is 50.4 Å². The molecule has 2 atom stereocenters. The number of hydrogen-bond donors (Lipinski definition) is 0. The van der Waals surface area contributed by atoms with E-state index in [4.69, 9.17) is 27.7 Å². The molecule has 9 heteroatoms. The van der Waals surface area contributed by atoms with Crippen molar-refractivity contribution in [3.63, 3.8) is 0 Å². The van der Waals surface area contributed by atoms with Gasteiger partial charge in [0, 0.05) is 23.7 Å². The number of amides is 2. The fourth-order valence-corrected chi connectivity index (χ4v) is 4.87. The molecule has 4 rings (SSSR count). The Morgan fingerprint density at radius 1 is 1.17 bits per heavy atom. The quantitative estimate of drug-likeness (QED) is 0.315. The smallest absolute Gasteiger partial charge is 0.249 e. The third-order valence-electron chi connectivity index (χ3n) is 6.36. The molecule has 0 radical (unpaired) electrons. The molecule has 0 N–H and O–H groups in total. The first-order valence-electron chi connectivity index (χ1n) is 12.3. The summed E-state index contributed by atoms with van der Waals surface area (Å²) in [6, 6.07) is 16.1. The molecule has 190 valence electrons. The van der Waals surface area contributed by atoms with Gasteiger partial charge in [0.2, 0.25) is 23.5 Å². The summed E-state index contributed by atoms with van der Waals surface area (Å²) in [5, 5.41) is 3.86. The molecule has 2 aromatic carbocycles. The van der Waals surface area contributed by atoms with Gasteiger partial charge < -0.3 is 14.3 Å². The van der Waals surface area contributed by atoms with Gasteiger partial charge in [0.1, 0.15) is 11.4 Å². The number of carbonyl (C=O) groups is 2. The van der Waals surface area contributed by atoms with Crippen molar-refractivity contribution in [2.24, 2.45) is 0 Å². The van der Waals surface area contributed by atoms with Crippen molar-refractivity contribution < 1.29 is 14.1 Å². The van der Waals surface area contributed by atoms with Crippen LogP contribution in [0.15, 0.2) is 59.1 Å². The van der Waals surface area contributed by atoms with Crippen LogP contribution in [-0.4, -0.2) is 51.4 Å². The molecule has 1 aliphatic heterocycles. The Balaban J connectivity index is 1.50. The van der Waals surface area contributed by atoms with Crippen LogP contribution in [0.25, 0.3) is 11.4 Å². The molecule has 0 aliphatic carbocycles. The SMILES string of the molecule is CCCCN(CC(=O)N1CCCCC1c1nc(-c2cccc(Cl)c2)no1)C(=O)C(Cl)c1ccccc1. The van der Waals surface area contributed by atoms with Crippen LogP contribution in [0.2, 0.25) is 5.02 Å². The lowest BCUT2D eigenvalue weighted by Gasteiger charge is -2.35. The van der Waals surface area contributed by atoms with Gasteiger partial charge in [-0.1, -0.05) is 72.6 Å². The van der Waals surface area contributed by atoms with E-state index in [1.807, 2.05) is 49.4 Å². The topological polar surface area (TPSA) is 79.5 Å². The Morgan fingerprint density at radius 2 is 1.97 bits per heavy atom. The summed E-state index contributed by atoms with van der Waals surface area (Å²) in [5.41, 5.74) is 1.46. The second kappa shape index (κ2) is 12.4. The predicted molar refractivity (Wildman–Crippen MR) is 140 cm³/mol. The zero-order valence-corrected chi connectivity index (χ0v) is 21.8. The van der Waals surface area contributed by atoms with Crippen molar-refractivity contribution in [3.8, 4) is 11.4 Å². The molecule has 3 aromatic rings. The lowest BCUT2D eigenvalue weighted by molar-refractivity contribution is -0.143. The zero-order chi connectivity index (χ0) is 25.5. The van der Waals surface area contributed by atoms with Crippen LogP contribution in [0.4, 0.5) is 0 Å². The Labute approximate surface area is 221 Å². The normalized spacial score (nSPS) is 16.5. The molecule has 36 heavy (non-hydrogen) atoms. The van der Waals surface area contributed by atoms with Crippen LogP contribution in [0.3, 0.4) is 0 Å². The Bertz CT molecular complexity index is 1170. The van der Waals surface area contributed by atoms with Crippen molar-refractivity contribution in [1.82, 2.24) is 19.9 Å². The second-order valence-electron chi connectivity index (χ2n) is 8.95. The summed E-state index contributed by atoms with van der Waals surface area (Å²) in [4.78, 5) is 34.7. The number of likely N-dealkylation sites (tertiary alicyclic amines) is 1. The highest BCUT2D eigenvalue weighted by atomic mass is 35.5. The molecule has 1 fully saturated rings. The largest absolute Gasteiger partial charge is 0.337 e. The van der Waals surface area contributed by atoms with Gasteiger partial charge in [-0.3, -0.25) is 9.59 Å². The van der Waals surface area contributed by atoms with E-state index in [0.717, 1.165) is 31.2 Å². The number of alkyl halides is 1. The van der Waals surface area contributed by atoms with E-state index in [9.17, 15) is 9.59 Å². The van der Waals surface area contributed by atoms with Gasteiger partial charge in [0.25, 0.3) is 0 Å². The predicted octanol–water partition coefficient (Wildman–Crippen LogP) is 6.05. The van der Waals surface area contributed by atoms with Crippen LogP contribution < -0.4 is 0 Å². The van der Waals surface area contributed by atoms with Gasteiger partial charge in [-0.05, 0) is 43.4 Å². The molecule has 2 heterocycles. The summed E-state index contributed by atoms with van der Waals surface area (Å²) < 4.78 is 5.59. The average molecular weight is 529 g/mol. The number of halogens is 2. The van der Waals surface area contributed by atoms with Gasteiger partial charge in [0.05, 0.1) is 6.54 Å². The maximum absolute atomic E-state index is 13.5. The minimum Gasteiger partial charge on any atom is -0.337 e. The van der Waals surface area contributed by atoms with Gasteiger partial charge in [-0.15, -0.1) is 11.6 Å². The number of aromatic nitrogens is 2. The lowest BCUT2D eigenvalue weighted by atomic mass is 10.0. The fraction of sp³-hybridized carbons (Fsp3) is 0.407. The molecule has 1 saturated heterocycles. The maximum Gasteiger partial charge on any atom is 0.249 e. The Kier molecular flexibility index (Phi) is 8.99. The maximum atomic E-state index is 13.5. The molecule has 2 amide bonds. The van der Waals surface area contributed by atoms with Crippen molar-refractivity contribution in [1.29, 1.82) is 0 Å². The van der Waals surface area contributed by atoms with Crippen LogP contribution in [0.5, 0.6) is 0 Å². The zero-order valence-electron chi connectivity index (χ0n) is 20.3. The van der Waals surface area contributed by atoms with Crippen molar-refractivity contribution in [3.05, 3.63) is 71.1 Å². The molecular formula is C27H30Cl2N4O3. The molecule has 7 nitrogen and oxygen atoms in total. The summed E-state index contributed by atoms with van der Waals surface area (Å²) >= 11 is 12.6. The van der Waals surface area contributed by atoms with E-state index >= 15 is 0 Å². The molecule has 1 aliphatic rings. The number of rotatable bonds is 9. The molecule has 0 saturated carbocycles. The van der Waals surface area contributed by atoms with E-state index in [1.54, 1.807) is 21.9 Å². The van der Waals surface area contributed by atoms with Gasteiger partial charge in [-0.25, -0.2) is 0 Å². The number of hydrogen-bond acceptors (Lipinski definition) is 5. The standard InChI is InChI=1S/C27H30Cl2N4O3/c1-2-3-15-32(27(35)24(29)19-10-5-4-6-11-19)18-23(34)33-16-8-7-14-22(33)26-30-25(31-36-26)20-12-9-13-21(28)17-20/h4-6,9-13,17,22,24H,2-3,7-8,14-16,18H2,1H3. The summed E-state index contributed by atoms with van der Waals surface area (Å²) in [6.07, 6.45) is 4.22. The number of benzene rings is 2. The summed E-state index contributed by atoms with van der Waals surface area (Å²) in [7, 11) is 0.